The molecule has 0 atom stereocenters. The fraction of sp³-hybridized carbons (Fsp3) is 0.448. The normalized spacial score (nSPS) is 17.8. The second kappa shape index (κ2) is 13.8. The van der Waals surface area contributed by atoms with E-state index in [0.717, 1.165) is 32.1 Å². The molecule has 0 saturated heterocycles. The van der Waals surface area contributed by atoms with Crippen LogP contribution >= 0.6 is 0 Å². The Kier molecular flexibility index (Phi) is 10.5. The molecule has 0 radical (unpaired) electrons. The molecule has 0 heterocycles. The van der Waals surface area contributed by atoms with Crippen molar-refractivity contribution in [3.05, 3.63) is 59.7 Å². The molecule has 0 amide bonds. The number of halogens is 2. The quantitative estimate of drug-likeness (QED) is 0.145. The van der Waals surface area contributed by atoms with E-state index in [4.69, 9.17) is 25.7 Å². The van der Waals surface area contributed by atoms with Crippen molar-refractivity contribution in [2.75, 3.05) is 24.7 Å². The number of nitrogen functional groups attached to an aromatic ring is 2. The summed E-state index contributed by atoms with van der Waals surface area (Å²) in [6.07, 6.45) is 5.45. The summed E-state index contributed by atoms with van der Waals surface area (Å²) in [5.74, 6) is -1.44. The molecule has 2 aromatic rings. The van der Waals surface area contributed by atoms with E-state index in [2.05, 4.69) is 6.92 Å². The van der Waals surface area contributed by atoms with Gasteiger partial charge < -0.3 is 25.7 Å². The van der Waals surface area contributed by atoms with Gasteiger partial charge in [-0.25, -0.2) is 9.59 Å². The van der Waals surface area contributed by atoms with Crippen LogP contribution in [0.1, 0.15) is 67.8 Å². The average molecular weight is 531 g/mol. The van der Waals surface area contributed by atoms with Gasteiger partial charge in [-0.3, -0.25) is 0 Å². The summed E-state index contributed by atoms with van der Waals surface area (Å²) in [5.41, 5.74) is 12.8. The lowest BCUT2D eigenvalue weighted by molar-refractivity contribution is -0.223. The van der Waals surface area contributed by atoms with Gasteiger partial charge in [0.15, 0.2) is 0 Å². The van der Waals surface area contributed by atoms with Crippen LogP contribution in [-0.4, -0.2) is 31.3 Å². The zero-order chi connectivity index (χ0) is 27.5. The topological polar surface area (TPSA) is 114 Å². The first-order chi connectivity index (χ1) is 18.2. The monoisotopic (exact) mass is 530 g/mol. The minimum atomic E-state index is -3.22. The zero-order valence-corrected chi connectivity index (χ0v) is 21.7. The molecule has 0 aromatic heterocycles. The van der Waals surface area contributed by atoms with Crippen LogP contribution in [0.5, 0.6) is 5.75 Å². The van der Waals surface area contributed by atoms with Gasteiger partial charge in [0, 0.05) is 17.5 Å². The summed E-state index contributed by atoms with van der Waals surface area (Å²) in [7, 11) is 0. The number of nitrogens with two attached hydrogens (primary N) is 2. The van der Waals surface area contributed by atoms with Gasteiger partial charge in [0.05, 0.1) is 11.5 Å². The average Bonchev–Trinajstić information content (AvgIpc) is 2.89. The first-order valence-corrected chi connectivity index (χ1v) is 13.0. The summed E-state index contributed by atoms with van der Waals surface area (Å²) < 4.78 is 44.5. The number of unbranched alkanes of at least 4 members (excludes halogenated alkanes) is 1. The molecule has 0 spiro atoms. The first kappa shape index (κ1) is 28.9. The molecule has 38 heavy (non-hydrogen) atoms. The Balaban J connectivity index is 1.39. The number of rotatable bonds is 12. The fourth-order valence-electron chi connectivity index (χ4n) is 4.53. The Morgan fingerprint density at radius 3 is 2.24 bits per heavy atom. The Labute approximate surface area is 222 Å². The molecule has 1 fully saturated rings. The van der Waals surface area contributed by atoms with Gasteiger partial charge in [0.25, 0.3) is 0 Å². The van der Waals surface area contributed by atoms with Crippen molar-refractivity contribution < 1.29 is 32.6 Å². The van der Waals surface area contributed by atoms with Crippen molar-refractivity contribution in [2.24, 2.45) is 11.8 Å². The van der Waals surface area contributed by atoms with Gasteiger partial charge >= 0.3 is 18.0 Å². The van der Waals surface area contributed by atoms with Crippen molar-refractivity contribution in [3.63, 3.8) is 0 Å². The second-order valence-electron chi connectivity index (χ2n) is 9.62. The molecule has 0 aliphatic heterocycles. The van der Waals surface area contributed by atoms with Crippen LogP contribution in [0.4, 0.5) is 20.2 Å². The van der Waals surface area contributed by atoms with Gasteiger partial charge in [0.2, 0.25) is 0 Å². The number of anilines is 2. The lowest BCUT2D eigenvalue weighted by Gasteiger charge is -2.33. The van der Waals surface area contributed by atoms with Crippen molar-refractivity contribution in [1.82, 2.24) is 0 Å². The van der Waals surface area contributed by atoms with Gasteiger partial charge in [-0.15, -0.1) is 0 Å². The number of hydrogen-bond acceptors (Lipinski definition) is 7. The van der Waals surface area contributed by atoms with Crippen LogP contribution in [0.3, 0.4) is 0 Å². The number of benzene rings is 2. The van der Waals surface area contributed by atoms with Gasteiger partial charge in [-0.05, 0) is 73.6 Å². The predicted molar refractivity (Wildman–Crippen MR) is 143 cm³/mol. The predicted octanol–water partition coefficient (Wildman–Crippen LogP) is 6.23. The molecule has 1 saturated carbocycles. The molecular weight excluding hydrogens is 494 g/mol. The summed E-state index contributed by atoms with van der Waals surface area (Å²) in [5, 5.41) is 0. The lowest BCUT2D eigenvalue weighted by Crippen LogP contribution is -2.37. The van der Waals surface area contributed by atoms with Crippen LogP contribution in [-0.2, 0) is 14.3 Å². The van der Waals surface area contributed by atoms with Crippen LogP contribution in [0.15, 0.2) is 48.5 Å². The number of hydrogen-bond donors (Lipinski definition) is 2. The van der Waals surface area contributed by atoms with Gasteiger partial charge in [-0.1, -0.05) is 38.3 Å². The molecule has 0 bridgehead atoms. The molecule has 3 rings (SSSR count). The van der Waals surface area contributed by atoms with E-state index in [0.29, 0.717) is 35.7 Å². The third-order valence-electron chi connectivity index (χ3n) is 6.61. The molecule has 7 nitrogen and oxygen atoms in total. The summed E-state index contributed by atoms with van der Waals surface area (Å²) in [6.45, 7) is 1.85. The van der Waals surface area contributed by atoms with Crippen LogP contribution < -0.4 is 16.2 Å². The minimum Gasteiger partial charge on any atom is -0.459 e. The van der Waals surface area contributed by atoms with E-state index in [1.807, 2.05) is 0 Å². The molecule has 9 heteroatoms. The number of ether oxygens (including phenoxy) is 3. The maximum absolute atomic E-state index is 14.7. The highest BCUT2D eigenvalue weighted by Crippen LogP contribution is 2.41. The van der Waals surface area contributed by atoms with E-state index in [1.165, 1.54) is 42.5 Å². The second-order valence-corrected chi connectivity index (χ2v) is 9.62. The standard InChI is InChI=1S/C29H36F2N2O5/c1-2-3-4-20-5-10-23(11-6-20)29(30,31)38-26-12-7-21(8-13-26)9-14-27(34)36-15-16-37-28(35)22-17-24(32)19-25(33)18-22/h7-9,12-14,17-20,23H,2-6,10-11,15-16,32-33H2,1H3/b14-9+. The number of alkyl halides is 2. The van der Waals surface area contributed by atoms with Gasteiger partial charge in [0.1, 0.15) is 19.0 Å². The molecule has 1 aliphatic carbocycles. The van der Waals surface area contributed by atoms with E-state index in [1.54, 1.807) is 12.1 Å². The van der Waals surface area contributed by atoms with Crippen LogP contribution in [0.2, 0.25) is 0 Å². The van der Waals surface area contributed by atoms with Crippen molar-refractivity contribution in [3.8, 4) is 5.75 Å². The Morgan fingerprint density at radius 2 is 1.61 bits per heavy atom. The van der Waals surface area contributed by atoms with E-state index < -0.39 is 24.0 Å². The maximum Gasteiger partial charge on any atom is 0.400 e. The smallest absolute Gasteiger partial charge is 0.400 e. The highest BCUT2D eigenvalue weighted by atomic mass is 19.3. The number of carbonyl (C=O) groups excluding carboxylic acids is 2. The molecule has 2 aromatic carbocycles. The maximum atomic E-state index is 14.7. The Hall–Kier alpha value is -3.62. The largest absolute Gasteiger partial charge is 0.459 e. The molecular formula is C29H36F2N2O5. The van der Waals surface area contributed by atoms with Crippen molar-refractivity contribution >= 4 is 29.4 Å². The van der Waals surface area contributed by atoms with Crippen LogP contribution in [0.25, 0.3) is 6.08 Å². The number of carbonyl (C=O) groups is 2. The minimum absolute atomic E-state index is 0.0755. The zero-order valence-electron chi connectivity index (χ0n) is 21.7. The Bertz CT molecular complexity index is 1080. The molecule has 1 aliphatic rings. The summed E-state index contributed by atoms with van der Waals surface area (Å²) in [4.78, 5) is 23.9. The number of esters is 2. The van der Waals surface area contributed by atoms with E-state index >= 15 is 0 Å². The first-order valence-electron chi connectivity index (χ1n) is 13.0. The van der Waals surface area contributed by atoms with Gasteiger partial charge in [-0.2, -0.15) is 8.78 Å². The summed E-state index contributed by atoms with van der Waals surface area (Å²) >= 11 is 0. The fourth-order valence-corrected chi connectivity index (χ4v) is 4.53. The molecule has 0 unspecified atom stereocenters. The summed E-state index contributed by atoms with van der Waals surface area (Å²) in [6, 6.07) is 10.4. The van der Waals surface area contributed by atoms with Crippen LogP contribution in [0, 0.1) is 11.8 Å². The highest BCUT2D eigenvalue weighted by Gasteiger charge is 2.43. The van der Waals surface area contributed by atoms with Crippen molar-refractivity contribution in [1.29, 1.82) is 0 Å². The molecule has 206 valence electrons. The van der Waals surface area contributed by atoms with Crippen molar-refractivity contribution in [2.45, 2.75) is 58.0 Å². The highest BCUT2D eigenvalue weighted by molar-refractivity contribution is 5.91. The SMILES string of the molecule is CCCCC1CCC(C(F)(F)Oc2ccc(/C=C/C(=O)OCCOC(=O)c3cc(N)cc(N)c3)cc2)CC1. The molecule has 4 N–H and O–H groups in total. The lowest BCUT2D eigenvalue weighted by atomic mass is 9.79. The third kappa shape index (κ3) is 9.04. The van der Waals surface area contributed by atoms with E-state index in [9.17, 15) is 18.4 Å². The third-order valence-corrected chi connectivity index (χ3v) is 6.61. The van der Waals surface area contributed by atoms with E-state index in [-0.39, 0.29) is 24.5 Å². The Morgan fingerprint density at radius 1 is 0.974 bits per heavy atom.